The highest BCUT2D eigenvalue weighted by Gasteiger charge is 2.29. The van der Waals surface area contributed by atoms with Crippen LogP contribution in [-0.4, -0.2) is 29.8 Å². The molecular weight excluding hydrogens is 218 g/mol. The first-order valence-electron chi connectivity index (χ1n) is 5.84. The summed E-state index contributed by atoms with van der Waals surface area (Å²) in [6.07, 6.45) is 0.929. The molecule has 2 rings (SSSR count). The van der Waals surface area contributed by atoms with Crippen LogP contribution in [0.4, 0.5) is 0 Å². The lowest BCUT2D eigenvalue weighted by Crippen LogP contribution is -2.40. The summed E-state index contributed by atoms with van der Waals surface area (Å²) in [5.74, 6) is -0.852. The molecule has 0 spiro atoms. The molecule has 0 radical (unpaired) electrons. The molecule has 0 saturated carbocycles. The van der Waals surface area contributed by atoms with E-state index in [0.29, 0.717) is 6.61 Å². The van der Waals surface area contributed by atoms with E-state index in [1.54, 1.807) is 0 Å². The molecular formula is C13H17NO3. The molecule has 0 bridgehead atoms. The van der Waals surface area contributed by atoms with Gasteiger partial charge in [-0.2, -0.15) is 0 Å². The third-order valence-corrected chi connectivity index (χ3v) is 3.14. The first kappa shape index (κ1) is 12.1. The Labute approximate surface area is 101 Å². The minimum Gasteiger partial charge on any atom is -0.480 e. The SMILES string of the molecule is CC1OCCC1NC(C(=O)O)c1ccccc1. The van der Waals surface area contributed by atoms with Crippen LogP contribution < -0.4 is 5.32 Å². The van der Waals surface area contributed by atoms with Crippen molar-refractivity contribution in [3.05, 3.63) is 35.9 Å². The molecule has 1 fully saturated rings. The number of carboxylic acid groups (broad SMARTS) is 1. The Balaban J connectivity index is 2.11. The van der Waals surface area contributed by atoms with Crippen molar-refractivity contribution in [2.45, 2.75) is 31.5 Å². The van der Waals surface area contributed by atoms with E-state index in [1.807, 2.05) is 37.3 Å². The monoisotopic (exact) mass is 235 g/mol. The van der Waals surface area contributed by atoms with Crippen LogP contribution in [0.15, 0.2) is 30.3 Å². The fraction of sp³-hybridized carbons (Fsp3) is 0.462. The van der Waals surface area contributed by atoms with Crippen molar-refractivity contribution >= 4 is 5.97 Å². The Hall–Kier alpha value is -1.39. The number of rotatable bonds is 4. The average molecular weight is 235 g/mol. The molecule has 0 aliphatic carbocycles. The Morgan fingerprint density at radius 2 is 2.18 bits per heavy atom. The first-order chi connectivity index (χ1) is 8.18. The van der Waals surface area contributed by atoms with Gasteiger partial charge in [-0.25, -0.2) is 0 Å². The van der Waals surface area contributed by atoms with Gasteiger partial charge in [-0.1, -0.05) is 30.3 Å². The van der Waals surface area contributed by atoms with Gasteiger partial charge >= 0.3 is 5.97 Å². The number of hydrogen-bond acceptors (Lipinski definition) is 3. The zero-order valence-corrected chi connectivity index (χ0v) is 9.80. The zero-order valence-electron chi connectivity index (χ0n) is 9.80. The molecule has 1 aliphatic heterocycles. The van der Waals surface area contributed by atoms with Gasteiger partial charge < -0.3 is 9.84 Å². The summed E-state index contributed by atoms with van der Waals surface area (Å²) in [7, 11) is 0. The molecule has 4 heteroatoms. The standard InChI is InChI=1S/C13H17NO3/c1-9-11(7-8-17-9)14-12(13(15)16)10-5-3-2-4-6-10/h2-6,9,11-12,14H,7-8H2,1H3,(H,15,16). The predicted molar refractivity (Wildman–Crippen MR) is 63.8 cm³/mol. The predicted octanol–water partition coefficient (Wildman–Crippen LogP) is 1.58. The van der Waals surface area contributed by atoms with Crippen molar-refractivity contribution in [1.29, 1.82) is 0 Å². The van der Waals surface area contributed by atoms with Gasteiger partial charge in [0.15, 0.2) is 0 Å². The lowest BCUT2D eigenvalue weighted by Gasteiger charge is -2.22. The Morgan fingerprint density at radius 3 is 2.71 bits per heavy atom. The topological polar surface area (TPSA) is 58.6 Å². The van der Waals surface area contributed by atoms with E-state index in [2.05, 4.69) is 5.32 Å². The summed E-state index contributed by atoms with van der Waals surface area (Å²) in [6.45, 7) is 2.66. The number of carboxylic acids is 1. The molecule has 1 saturated heterocycles. The van der Waals surface area contributed by atoms with Crippen molar-refractivity contribution in [3.63, 3.8) is 0 Å². The fourth-order valence-electron chi connectivity index (χ4n) is 2.12. The second-order valence-electron chi connectivity index (χ2n) is 4.32. The number of ether oxygens (including phenoxy) is 1. The maximum Gasteiger partial charge on any atom is 0.325 e. The lowest BCUT2D eigenvalue weighted by atomic mass is 10.0. The van der Waals surface area contributed by atoms with Crippen LogP contribution in [0.2, 0.25) is 0 Å². The summed E-state index contributed by atoms with van der Waals surface area (Å²) in [4.78, 5) is 11.3. The van der Waals surface area contributed by atoms with Crippen molar-refractivity contribution in [1.82, 2.24) is 5.32 Å². The third-order valence-electron chi connectivity index (χ3n) is 3.14. The molecule has 1 heterocycles. The molecule has 4 nitrogen and oxygen atoms in total. The molecule has 1 aliphatic rings. The van der Waals surface area contributed by atoms with E-state index >= 15 is 0 Å². The van der Waals surface area contributed by atoms with Crippen LogP contribution >= 0.6 is 0 Å². The fourth-order valence-corrected chi connectivity index (χ4v) is 2.12. The van der Waals surface area contributed by atoms with E-state index in [1.165, 1.54) is 0 Å². The lowest BCUT2D eigenvalue weighted by molar-refractivity contribution is -0.140. The van der Waals surface area contributed by atoms with E-state index in [4.69, 9.17) is 4.74 Å². The highest BCUT2D eigenvalue weighted by atomic mass is 16.5. The number of aliphatic carboxylic acids is 1. The Kier molecular flexibility index (Phi) is 3.76. The van der Waals surface area contributed by atoms with Gasteiger partial charge in [0, 0.05) is 12.6 Å². The number of carbonyl (C=O) groups is 1. The van der Waals surface area contributed by atoms with Crippen LogP contribution in [0.3, 0.4) is 0 Å². The van der Waals surface area contributed by atoms with Crippen LogP contribution in [-0.2, 0) is 9.53 Å². The van der Waals surface area contributed by atoms with Crippen LogP contribution in [0, 0.1) is 0 Å². The minimum atomic E-state index is -0.852. The highest BCUT2D eigenvalue weighted by Crippen LogP contribution is 2.19. The molecule has 1 aromatic rings. The minimum absolute atomic E-state index is 0.0700. The van der Waals surface area contributed by atoms with Crippen LogP contribution in [0.5, 0.6) is 0 Å². The van der Waals surface area contributed by atoms with Gasteiger partial charge in [-0.05, 0) is 18.9 Å². The molecule has 3 unspecified atom stereocenters. The molecule has 0 aromatic heterocycles. The molecule has 0 amide bonds. The number of benzene rings is 1. The first-order valence-corrected chi connectivity index (χ1v) is 5.84. The van der Waals surface area contributed by atoms with Crippen LogP contribution in [0.1, 0.15) is 24.9 Å². The van der Waals surface area contributed by atoms with E-state index < -0.39 is 12.0 Å². The van der Waals surface area contributed by atoms with Crippen molar-refractivity contribution in [2.24, 2.45) is 0 Å². The van der Waals surface area contributed by atoms with Gasteiger partial charge in [0.1, 0.15) is 6.04 Å². The second-order valence-corrected chi connectivity index (χ2v) is 4.32. The third kappa shape index (κ3) is 2.84. The Morgan fingerprint density at radius 1 is 1.47 bits per heavy atom. The molecule has 17 heavy (non-hydrogen) atoms. The van der Waals surface area contributed by atoms with Crippen molar-refractivity contribution in [2.75, 3.05) is 6.61 Å². The molecule has 2 N–H and O–H groups in total. The number of hydrogen-bond donors (Lipinski definition) is 2. The van der Waals surface area contributed by atoms with Gasteiger partial charge in [-0.3, -0.25) is 10.1 Å². The Bertz CT molecular complexity index is 380. The maximum atomic E-state index is 11.3. The smallest absolute Gasteiger partial charge is 0.325 e. The second kappa shape index (κ2) is 5.29. The van der Waals surface area contributed by atoms with E-state index in [0.717, 1.165) is 12.0 Å². The van der Waals surface area contributed by atoms with Gasteiger partial charge in [0.05, 0.1) is 6.10 Å². The highest BCUT2D eigenvalue weighted by molar-refractivity contribution is 5.75. The van der Waals surface area contributed by atoms with Gasteiger partial charge in [0.2, 0.25) is 0 Å². The maximum absolute atomic E-state index is 11.3. The summed E-state index contributed by atoms with van der Waals surface area (Å²) < 4.78 is 5.43. The quantitative estimate of drug-likeness (QED) is 0.832. The number of nitrogens with one attached hydrogen (secondary N) is 1. The average Bonchev–Trinajstić information content (AvgIpc) is 2.72. The normalized spacial score (nSPS) is 25.7. The van der Waals surface area contributed by atoms with Crippen molar-refractivity contribution < 1.29 is 14.6 Å². The molecule has 3 atom stereocenters. The summed E-state index contributed by atoms with van der Waals surface area (Å²) >= 11 is 0. The van der Waals surface area contributed by atoms with Crippen LogP contribution in [0.25, 0.3) is 0 Å². The van der Waals surface area contributed by atoms with Crippen molar-refractivity contribution in [3.8, 4) is 0 Å². The molecule has 1 aromatic carbocycles. The van der Waals surface area contributed by atoms with Gasteiger partial charge in [-0.15, -0.1) is 0 Å². The van der Waals surface area contributed by atoms with E-state index in [-0.39, 0.29) is 12.1 Å². The molecule has 92 valence electrons. The van der Waals surface area contributed by atoms with Gasteiger partial charge in [0.25, 0.3) is 0 Å². The summed E-state index contributed by atoms with van der Waals surface area (Å²) in [5.41, 5.74) is 0.777. The zero-order chi connectivity index (χ0) is 12.3. The van der Waals surface area contributed by atoms with E-state index in [9.17, 15) is 9.90 Å². The summed E-state index contributed by atoms with van der Waals surface area (Å²) in [6, 6.07) is 8.67. The summed E-state index contributed by atoms with van der Waals surface area (Å²) in [5, 5.41) is 12.4. The largest absolute Gasteiger partial charge is 0.480 e.